The van der Waals surface area contributed by atoms with E-state index in [0.717, 1.165) is 0 Å². The molecule has 1 aromatic heterocycles. The number of hydrogen-bond donors (Lipinski definition) is 0. The minimum atomic E-state index is 0.679. The molecule has 1 heteroatoms. The summed E-state index contributed by atoms with van der Waals surface area (Å²) in [5.41, 5.74) is 2.77. The molecule has 0 amide bonds. The van der Waals surface area contributed by atoms with Crippen LogP contribution in [0.15, 0.2) is 18.5 Å². The molecule has 1 aromatic rings. The molecule has 0 aliphatic rings. The van der Waals surface area contributed by atoms with Gasteiger partial charge in [-0.05, 0) is 36.5 Å². The minimum Gasteiger partial charge on any atom is -0.264 e. The maximum atomic E-state index is 4.09. The number of aryl methyl sites for hydroxylation is 1. The molecule has 1 rings (SSSR count). The van der Waals surface area contributed by atoms with Crippen molar-refractivity contribution in [2.75, 3.05) is 0 Å². The van der Waals surface area contributed by atoms with Gasteiger partial charge in [0.1, 0.15) is 0 Å². The van der Waals surface area contributed by atoms with Gasteiger partial charge in [-0.25, -0.2) is 0 Å². The summed E-state index contributed by atoms with van der Waals surface area (Å²) in [5.74, 6) is 0.679. The van der Waals surface area contributed by atoms with Crippen molar-refractivity contribution in [3.8, 4) is 0 Å². The number of rotatable bonds is 3. The van der Waals surface area contributed by atoms with Gasteiger partial charge in [-0.1, -0.05) is 20.3 Å². The highest BCUT2D eigenvalue weighted by Gasteiger charge is 2.05. The van der Waals surface area contributed by atoms with Crippen molar-refractivity contribution < 1.29 is 0 Å². The molecule has 1 unspecified atom stereocenters. The highest BCUT2D eigenvalue weighted by molar-refractivity contribution is 5.24. The van der Waals surface area contributed by atoms with Crippen molar-refractivity contribution in [3.63, 3.8) is 0 Å². The first-order valence-corrected chi connectivity index (χ1v) is 4.66. The van der Waals surface area contributed by atoms with Crippen LogP contribution in [-0.4, -0.2) is 4.98 Å². The molecule has 0 aliphatic heterocycles. The van der Waals surface area contributed by atoms with Gasteiger partial charge in [-0.15, -0.1) is 0 Å². The number of pyridine rings is 1. The average Bonchev–Trinajstić information content (AvgIpc) is 2.05. The van der Waals surface area contributed by atoms with Crippen LogP contribution in [0.5, 0.6) is 0 Å². The van der Waals surface area contributed by atoms with Gasteiger partial charge in [-0.3, -0.25) is 4.98 Å². The summed E-state index contributed by atoms with van der Waals surface area (Å²) in [4.78, 5) is 4.09. The second-order valence-electron chi connectivity index (χ2n) is 3.42. The lowest BCUT2D eigenvalue weighted by atomic mass is 9.94. The zero-order valence-corrected chi connectivity index (χ0v) is 8.17. The van der Waals surface area contributed by atoms with Gasteiger partial charge in [0.15, 0.2) is 0 Å². The Kier molecular flexibility index (Phi) is 3.27. The summed E-state index contributed by atoms with van der Waals surface area (Å²) in [5, 5.41) is 0. The largest absolute Gasteiger partial charge is 0.264 e. The maximum absolute atomic E-state index is 4.09. The third-order valence-electron chi connectivity index (χ3n) is 2.32. The summed E-state index contributed by atoms with van der Waals surface area (Å²) in [6.45, 7) is 6.65. The molecule has 0 fully saturated rings. The van der Waals surface area contributed by atoms with Gasteiger partial charge >= 0.3 is 0 Å². The first-order valence-electron chi connectivity index (χ1n) is 4.66. The second kappa shape index (κ2) is 4.24. The lowest BCUT2D eigenvalue weighted by molar-refractivity contribution is 0.660. The molecule has 0 aromatic carbocycles. The van der Waals surface area contributed by atoms with Crippen molar-refractivity contribution in [3.05, 3.63) is 29.6 Å². The van der Waals surface area contributed by atoms with Crippen molar-refractivity contribution in [2.24, 2.45) is 0 Å². The fourth-order valence-corrected chi connectivity index (χ4v) is 1.63. The van der Waals surface area contributed by atoms with Crippen molar-refractivity contribution >= 4 is 0 Å². The first-order chi connectivity index (χ1) is 5.75. The summed E-state index contributed by atoms with van der Waals surface area (Å²) >= 11 is 0. The van der Waals surface area contributed by atoms with Gasteiger partial charge in [0.2, 0.25) is 0 Å². The first kappa shape index (κ1) is 9.24. The third kappa shape index (κ3) is 2.07. The zero-order valence-electron chi connectivity index (χ0n) is 8.17. The van der Waals surface area contributed by atoms with E-state index >= 15 is 0 Å². The van der Waals surface area contributed by atoms with E-state index in [0.29, 0.717) is 5.92 Å². The minimum absolute atomic E-state index is 0.679. The topological polar surface area (TPSA) is 12.9 Å². The highest BCUT2D eigenvalue weighted by atomic mass is 14.6. The normalized spacial score (nSPS) is 12.9. The van der Waals surface area contributed by atoms with Crippen LogP contribution in [0, 0.1) is 6.92 Å². The van der Waals surface area contributed by atoms with Crippen LogP contribution in [0.2, 0.25) is 0 Å². The lowest BCUT2D eigenvalue weighted by Crippen LogP contribution is -1.96. The van der Waals surface area contributed by atoms with Crippen LogP contribution in [0.4, 0.5) is 0 Å². The number of nitrogens with zero attached hydrogens (tertiary/aromatic N) is 1. The van der Waals surface area contributed by atoms with Gasteiger partial charge in [0.05, 0.1) is 0 Å². The van der Waals surface area contributed by atoms with Crippen LogP contribution >= 0.6 is 0 Å². The molecule has 0 saturated carbocycles. The summed E-state index contributed by atoms with van der Waals surface area (Å²) in [7, 11) is 0. The van der Waals surface area contributed by atoms with Gasteiger partial charge in [0, 0.05) is 12.4 Å². The molecule has 0 radical (unpaired) electrons. The Morgan fingerprint density at radius 3 is 2.83 bits per heavy atom. The molecule has 0 N–H and O–H groups in total. The zero-order chi connectivity index (χ0) is 8.97. The second-order valence-corrected chi connectivity index (χ2v) is 3.42. The van der Waals surface area contributed by atoms with Gasteiger partial charge in [-0.2, -0.15) is 0 Å². The van der Waals surface area contributed by atoms with Crippen molar-refractivity contribution in [2.45, 2.75) is 39.5 Å². The Balaban J connectivity index is 2.79. The van der Waals surface area contributed by atoms with Crippen LogP contribution in [0.1, 0.15) is 43.7 Å². The number of hydrogen-bond acceptors (Lipinski definition) is 1. The predicted molar refractivity (Wildman–Crippen MR) is 52.3 cm³/mol. The van der Waals surface area contributed by atoms with E-state index in [-0.39, 0.29) is 0 Å². The molecule has 66 valence electrons. The molecule has 1 atom stereocenters. The van der Waals surface area contributed by atoms with E-state index in [9.17, 15) is 0 Å². The highest BCUT2D eigenvalue weighted by Crippen LogP contribution is 2.22. The number of aromatic nitrogens is 1. The molecule has 0 aliphatic carbocycles. The Bertz CT molecular complexity index is 243. The van der Waals surface area contributed by atoms with E-state index < -0.39 is 0 Å². The van der Waals surface area contributed by atoms with Crippen molar-refractivity contribution in [1.29, 1.82) is 0 Å². The maximum Gasteiger partial charge on any atom is 0.0299 e. The van der Waals surface area contributed by atoms with E-state index in [1.807, 2.05) is 12.4 Å². The SMILES string of the molecule is CCCC(C)c1ccncc1C. The molecular weight excluding hydrogens is 146 g/mol. The summed E-state index contributed by atoms with van der Waals surface area (Å²) < 4.78 is 0. The quantitative estimate of drug-likeness (QED) is 0.666. The lowest BCUT2D eigenvalue weighted by Gasteiger charge is -2.12. The monoisotopic (exact) mass is 163 g/mol. The molecule has 1 nitrogen and oxygen atoms in total. The average molecular weight is 163 g/mol. The Morgan fingerprint density at radius 2 is 2.25 bits per heavy atom. The molecule has 0 saturated heterocycles. The standard InChI is InChI=1S/C11H17N/c1-4-5-9(2)11-6-7-12-8-10(11)3/h6-9H,4-5H2,1-3H3. The van der Waals surface area contributed by atoms with Gasteiger partial charge < -0.3 is 0 Å². The molecular formula is C11H17N. The fraction of sp³-hybridized carbons (Fsp3) is 0.545. The van der Waals surface area contributed by atoms with Crippen molar-refractivity contribution in [1.82, 2.24) is 4.98 Å². The van der Waals surface area contributed by atoms with E-state index in [1.54, 1.807) is 0 Å². The molecule has 1 heterocycles. The predicted octanol–water partition coefficient (Wildman–Crippen LogP) is 3.29. The van der Waals surface area contributed by atoms with E-state index in [1.165, 1.54) is 24.0 Å². The summed E-state index contributed by atoms with van der Waals surface area (Å²) in [6, 6.07) is 2.13. The Hall–Kier alpha value is -0.850. The van der Waals surface area contributed by atoms with Crippen LogP contribution in [-0.2, 0) is 0 Å². The van der Waals surface area contributed by atoms with E-state index in [4.69, 9.17) is 0 Å². The van der Waals surface area contributed by atoms with Crippen LogP contribution in [0.25, 0.3) is 0 Å². The van der Waals surface area contributed by atoms with Gasteiger partial charge in [0.25, 0.3) is 0 Å². The molecule has 0 spiro atoms. The third-order valence-corrected chi connectivity index (χ3v) is 2.32. The fourth-order valence-electron chi connectivity index (χ4n) is 1.63. The Morgan fingerprint density at radius 1 is 1.50 bits per heavy atom. The van der Waals surface area contributed by atoms with E-state index in [2.05, 4.69) is 31.8 Å². The Labute approximate surface area is 74.8 Å². The van der Waals surface area contributed by atoms with Crippen LogP contribution < -0.4 is 0 Å². The molecule has 0 bridgehead atoms. The summed E-state index contributed by atoms with van der Waals surface area (Å²) in [6.07, 6.45) is 6.35. The van der Waals surface area contributed by atoms with Crippen LogP contribution in [0.3, 0.4) is 0 Å². The smallest absolute Gasteiger partial charge is 0.0299 e. The molecule has 12 heavy (non-hydrogen) atoms.